The Kier molecular flexibility index (Phi) is 5.71. The maximum absolute atomic E-state index is 10.5. The topological polar surface area (TPSA) is 58.6 Å². The van der Waals surface area contributed by atoms with E-state index in [-0.39, 0.29) is 11.5 Å². The van der Waals surface area contributed by atoms with E-state index in [1.807, 2.05) is 0 Å². The summed E-state index contributed by atoms with van der Waals surface area (Å²) in [6.45, 7) is 10.8. The lowest BCUT2D eigenvalue weighted by Gasteiger charge is -2.61. The second kappa shape index (κ2) is 8.03. The van der Waals surface area contributed by atoms with Crippen LogP contribution in [-0.4, -0.2) is 30.3 Å². The lowest BCUT2D eigenvalue weighted by atomic mass is 9.43. The van der Waals surface area contributed by atoms with E-state index < -0.39 is 0 Å². The van der Waals surface area contributed by atoms with E-state index in [9.17, 15) is 9.90 Å². The van der Waals surface area contributed by atoms with Crippen LogP contribution in [0.2, 0.25) is 0 Å². The molecule has 0 saturated heterocycles. The maximum Gasteiger partial charge on any atom is 0.207 e. The van der Waals surface area contributed by atoms with Crippen molar-refractivity contribution in [2.45, 2.75) is 111 Å². The first-order valence-corrected chi connectivity index (χ1v) is 13.5. The van der Waals surface area contributed by atoms with Crippen molar-refractivity contribution < 1.29 is 14.6 Å². The second-order valence-electron chi connectivity index (χ2n) is 12.7. The molecule has 1 amide bonds. The summed E-state index contributed by atoms with van der Waals surface area (Å²) >= 11 is 0. The van der Waals surface area contributed by atoms with Crippen LogP contribution in [0.4, 0.5) is 0 Å². The minimum atomic E-state index is -0.0583. The average Bonchev–Trinajstić information content (AvgIpc) is 3.15. The molecule has 0 bridgehead atoms. The third-order valence-corrected chi connectivity index (χ3v) is 11.9. The molecule has 0 spiro atoms. The number of hydrogen-bond donors (Lipinski definition) is 2. The van der Waals surface area contributed by atoms with Crippen LogP contribution in [0, 0.1) is 39.9 Å². The zero-order valence-electron chi connectivity index (χ0n) is 20.8. The van der Waals surface area contributed by atoms with Crippen LogP contribution in [0.1, 0.15) is 98.3 Å². The molecule has 5 aliphatic rings. The van der Waals surface area contributed by atoms with E-state index in [0.717, 1.165) is 68.7 Å². The van der Waals surface area contributed by atoms with Gasteiger partial charge in [0.2, 0.25) is 6.41 Å². The molecule has 0 aromatic heterocycles. The van der Waals surface area contributed by atoms with Gasteiger partial charge in [-0.1, -0.05) is 20.8 Å². The predicted molar refractivity (Wildman–Crippen MR) is 127 cm³/mol. The number of aliphatic hydroxyl groups excluding tert-OH is 1. The molecular weight excluding hydrogens is 398 g/mol. The molecule has 4 fully saturated rings. The van der Waals surface area contributed by atoms with Crippen molar-refractivity contribution in [1.82, 2.24) is 5.32 Å². The normalized spacial score (nSPS) is 49.5. The Morgan fingerprint density at radius 2 is 1.88 bits per heavy atom. The molecule has 9 atom stereocenters. The standard InChI is InChI=1S/C28H45NO3/c1-18-24(7-5-6-14-29-17-30)32-25-16-23-21-9-8-19-15-20(31)10-12-26(19,2)22(21)11-13-27(23,3)28(18,25)4/h17,19-23,25,31H,5-16H2,1-4H3,(H,29,30). The molecule has 32 heavy (non-hydrogen) atoms. The average molecular weight is 444 g/mol. The van der Waals surface area contributed by atoms with E-state index in [2.05, 4.69) is 33.0 Å². The first kappa shape index (κ1) is 22.7. The highest BCUT2D eigenvalue weighted by Crippen LogP contribution is 2.73. The van der Waals surface area contributed by atoms with Crippen LogP contribution >= 0.6 is 0 Å². The summed E-state index contributed by atoms with van der Waals surface area (Å²) in [5, 5.41) is 13.1. The van der Waals surface area contributed by atoms with Crippen molar-refractivity contribution in [3.63, 3.8) is 0 Å². The van der Waals surface area contributed by atoms with Crippen LogP contribution in [0.25, 0.3) is 0 Å². The SMILES string of the molecule is CC1=C(CCCCNC=O)OC2CC3C4CCC5CC(O)CCC5(C)C4CCC3(C)C12C. The highest BCUT2D eigenvalue weighted by molar-refractivity contribution is 5.45. The molecule has 5 rings (SSSR count). The van der Waals surface area contributed by atoms with Crippen molar-refractivity contribution >= 4 is 6.41 Å². The molecule has 4 nitrogen and oxygen atoms in total. The molecule has 4 saturated carbocycles. The minimum Gasteiger partial charge on any atom is -0.494 e. The molecule has 1 aliphatic heterocycles. The van der Waals surface area contributed by atoms with Crippen molar-refractivity contribution in [2.24, 2.45) is 39.9 Å². The molecule has 180 valence electrons. The van der Waals surface area contributed by atoms with Gasteiger partial charge in [-0.05, 0) is 111 Å². The molecule has 1 heterocycles. The molecule has 9 unspecified atom stereocenters. The number of amides is 1. The van der Waals surface area contributed by atoms with Gasteiger partial charge < -0.3 is 15.2 Å². The van der Waals surface area contributed by atoms with E-state index in [1.54, 1.807) is 0 Å². The minimum absolute atomic E-state index is 0.0583. The lowest BCUT2D eigenvalue weighted by Crippen LogP contribution is -2.55. The zero-order valence-corrected chi connectivity index (χ0v) is 20.8. The number of carbonyl (C=O) groups excluding carboxylic acids is 1. The smallest absolute Gasteiger partial charge is 0.207 e. The van der Waals surface area contributed by atoms with Crippen LogP contribution in [-0.2, 0) is 9.53 Å². The van der Waals surface area contributed by atoms with Gasteiger partial charge in [-0.25, -0.2) is 0 Å². The van der Waals surface area contributed by atoms with Crippen molar-refractivity contribution in [3.8, 4) is 0 Å². The third-order valence-electron chi connectivity index (χ3n) is 11.9. The van der Waals surface area contributed by atoms with Gasteiger partial charge >= 0.3 is 0 Å². The highest BCUT2D eigenvalue weighted by Gasteiger charge is 2.69. The lowest BCUT2D eigenvalue weighted by molar-refractivity contribution is -0.132. The van der Waals surface area contributed by atoms with Gasteiger partial charge in [0, 0.05) is 18.4 Å². The van der Waals surface area contributed by atoms with Gasteiger partial charge in [0.1, 0.15) is 6.10 Å². The second-order valence-corrected chi connectivity index (χ2v) is 12.7. The Balaban J connectivity index is 1.35. The van der Waals surface area contributed by atoms with Gasteiger partial charge in [-0.2, -0.15) is 0 Å². The monoisotopic (exact) mass is 443 g/mol. The Bertz CT molecular complexity index is 779. The number of allylic oxidation sites excluding steroid dienone is 1. The number of carbonyl (C=O) groups is 1. The Hall–Kier alpha value is -1.03. The molecule has 0 aromatic rings. The Morgan fingerprint density at radius 3 is 2.66 bits per heavy atom. The summed E-state index contributed by atoms with van der Waals surface area (Å²) in [6.07, 6.45) is 14.0. The van der Waals surface area contributed by atoms with Crippen LogP contribution in [0.5, 0.6) is 0 Å². The third kappa shape index (κ3) is 3.07. The largest absolute Gasteiger partial charge is 0.494 e. The Labute approximate surface area is 194 Å². The first-order chi connectivity index (χ1) is 15.3. The number of aliphatic hydroxyl groups is 1. The fraction of sp³-hybridized carbons (Fsp3) is 0.893. The fourth-order valence-corrected chi connectivity index (χ4v) is 9.67. The Morgan fingerprint density at radius 1 is 1.06 bits per heavy atom. The summed E-state index contributed by atoms with van der Waals surface area (Å²) in [5.74, 6) is 4.42. The zero-order chi connectivity index (χ0) is 22.7. The van der Waals surface area contributed by atoms with E-state index in [0.29, 0.717) is 16.9 Å². The number of nitrogens with one attached hydrogen (secondary N) is 1. The quantitative estimate of drug-likeness (QED) is 0.415. The number of ether oxygens (including phenoxy) is 1. The number of rotatable bonds is 6. The van der Waals surface area contributed by atoms with Gasteiger partial charge in [0.15, 0.2) is 0 Å². The number of fused-ring (bicyclic) bond motifs is 7. The van der Waals surface area contributed by atoms with Gasteiger partial charge in [-0.3, -0.25) is 4.79 Å². The summed E-state index contributed by atoms with van der Waals surface area (Å²) in [6, 6.07) is 0. The molecule has 4 aliphatic carbocycles. The van der Waals surface area contributed by atoms with Gasteiger partial charge in [-0.15, -0.1) is 0 Å². The summed E-state index contributed by atoms with van der Waals surface area (Å²) in [7, 11) is 0. The number of hydrogen-bond acceptors (Lipinski definition) is 3. The summed E-state index contributed by atoms with van der Waals surface area (Å²) in [5.41, 5.74) is 2.46. The number of unbranched alkanes of at least 4 members (excludes halogenated alkanes) is 1. The fourth-order valence-electron chi connectivity index (χ4n) is 9.67. The van der Waals surface area contributed by atoms with E-state index in [1.165, 1.54) is 49.9 Å². The van der Waals surface area contributed by atoms with E-state index in [4.69, 9.17) is 4.74 Å². The molecule has 0 radical (unpaired) electrons. The van der Waals surface area contributed by atoms with Crippen molar-refractivity contribution in [2.75, 3.05) is 6.54 Å². The molecular formula is C28H45NO3. The maximum atomic E-state index is 10.5. The highest BCUT2D eigenvalue weighted by atomic mass is 16.5. The summed E-state index contributed by atoms with van der Waals surface area (Å²) in [4.78, 5) is 10.5. The molecule has 4 heteroatoms. The molecule has 2 N–H and O–H groups in total. The molecule has 0 aromatic carbocycles. The first-order valence-electron chi connectivity index (χ1n) is 13.5. The van der Waals surface area contributed by atoms with Crippen molar-refractivity contribution in [3.05, 3.63) is 11.3 Å². The van der Waals surface area contributed by atoms with Crippen LogP contribution in [0.3, 0.4) is 0 Å². The van der Waals surface area contributed by atoms with Gasteiger partial charge in [0.05, 0.1) is 11.9 Å². The van der Waals surface area contributed by atoms with Gasteiger partial charge in [0.25, 0.3) is 0 Å². The summed E-state index contributed by atoms with van der Waals surface area (Å²) < 4.78 is 6.75. The van der Waals surface area contributed by atoms with Crippen LogP contribution in [0.15, 0.2) is 11.3 Å². The van der Waals surface area contributed by atoms with Crippen LogP contribution < -0.4 is 5.32 Å². The van der Waals surface area contributed by atoms with E-state index >= 15 is 0 Å². The predicted octanol–water partition coefficient (Wildman–Crippen LogP) is 5.60. The van der Waals surface area contributed by atoms with Crippen molar-refractivity contribution in [1.29, 1.82) is 0 Å².